The highest BCUT2D eigenvalue weighted by molar-refractivity contribution is 6.08. The SMILES string of the molecule is C[C@@H](/C=C/CC(=O)N(CCO)Cc1ccccc1)[C@]1(O)C(=O)N(Cc2ccccc2)c2ccc(N3CCCC3=O)cc21. The van der Waals surface area contributed by atoms with Crippen molar-refractivity contribution in [2.45, 2.75) is 44.9 Å². The summed E-state index contributed by atoms with van der Waals surface area (Å²) >= 11 is 0. The summed E-state index contributed by atoms with van der Waals surface area (Å²) in [4.78, 5) is 44.4. The Labute approximate surface area is 246 Å². The van der Waals surface area contributed by atoms with Crippen molar-refractivity contribution >= 4 is 29.1 Å². The monoisotopic (exact) mass is 567 g/mol. The van der Waals surface area contributed by atoms with Crippen molar-refractivity contribution in [2.75, 3.05) is 29.5 Å². The fourth-order valence-electron chi connectivity index (χ4n) is 5.80. The molecule has 2 aliphatic rings. The van der Waals surface area contributed by atoms with Crippen molar-refractivity contribution in [1.82, 2.24) is 4.90 Å². The van der Waals surface area contributed by atoms with Gasteiger partial charge in [0.15, 0.2) is 5.60 Å². The number of amides is 3. The van der Waals surface area contributed by atoms with Crippen LogP contribution in [0.5, 0.6) is 0 Å². The van der Waals surface area contributed by atoms with Gasteiger partial charge in [-0.25, -0.2) is 0 Å². The summed E-state index contributed by atoms with van der Waals surface area (Å²) in [6.45, 7) is 3.09. The standard InChI is InChI=1S/C34H37N3O5/c1-25(10-8-15-31(39)35(20-21-38)23-26-11-4-2-5-12-26)34(42)29-22-28(36-19-9-16-32(36)40)17-18-30(29)37(33(34)41)24-27-13-6-3-7-14-27/h2-8,10-14,17-18,22,25,38,42H,9,15-16,19-21,23-24H2,1H3/b10-8+/t25-,34+/m0/s1. The molecule has 2 aliphatic heterocycles. The zero-order valence-corrected chi connectivity index (χ0v) is 23.9. The summed E-state index contributed by atoms with van der Waals surface area (Å²) in [5, 5.41) is 21.7. The molecule has 42 heavy (non-hydrogen) atoms. The van der Waals surface area contributed by atoms with Crippen molar-refractivity contribution in [3.63, 3.8) is 0 Å². The van der Waals surface area contributed by atoms with Gasteiger partial charge in [-0.3, -0.25) is 14.4 Å². The Bertz CT molecular complexity index is 1460. The Balaban J connectivity index is 1.40. The van der Waals surface area contributed by atoms with E-state index in [1.807, 2.05) is 72.8 Å². The Hall–Kier alpha value is -4.27. The molecule has 5 rings (SSSR count). The van der Waals surface area contributed by atoms with Crippen LogP contribution in [0.4, 0.5) is 11.4 Å². The van der Waals surface area contributed by atoms with E-state index in [2.05, 4.69) is 0 Å². The molecule has 2 N–H and O–H groups in total. The van der Waals surface area contributed by atoms with Crippen molar-refractivity contribution in [2.24, 2.45) is 5.92 Å². The smallest absolute Gasteiger partial charge is 0.264 e. The Morgan fingerprint density at radius 3 is 2.36 bits per heavy atom. The van der Waals surface area contributed by atoms with Crippen LogP contribution < -0.4 is 9.80 Å². The lowest BCUT2D eigenvalue weighted by molar-refractivity contribution is -0.139. The van der Waals surface area contributed by atoms with Crippen LogP contribution in [-0.2, 0) is 33.1 Å². The normalized spacial score (nSPS) is 19.0. The number of nitrogens with zero attached hydrogens (tertiary/aromatic N) is 3. The topological polar surface area (TPSA) is 101 Å². The summed E-state index contributed by atoms with van der Waals surface area (Å²) in [7, 11) is 0. The van der Waals surface area contributed by atoms with E-state index in [1.165, 1.54) is 0 Å². The maximum Gasteiger partial charge on any atom is 0.264 e. The lowest BCUT2D eigenvalue weighted by atomic mass is 9.82. The molecule has 8 nitrogen and oxygen atoms in total. The van der Waals surface area contributed by atoms with Crippen molar-refractivity contribution < 1.29 is 24.6 Å². The molecule has 3 aromatic rings. The molecule has 3 aromatic carbocycles. The van der Waals surface area contributed by atoms with Crippen LogP contribution in [0, 0.1) is 5.92 Å². The van der Waals surface area contributed by atoms with Gasteiger partial charge in [0.2, 0.25) is 11.8 Å². The molecule has 0 spiro atoms. The molecule has 0 bridgehead atoms. The molecule has 2 heterocycles. The van der Waals surface area contributed by atoms with Crippen molar-refractivity contribution in [3.8, 4) is 0 Å². The molecule has 1 saturated heterocycles. The average Bonchev–Trinajstić information content (AvgIpc) is 3.53. The van der Waals surface area contributed by atoms with Gasteiger partial charge in [-0.05, 0) is 35.7 Å². The van der Waals surface area contributed by atoms with Crippen LogP contribution in [0.3, 0.4) is 0 Å². The van der Waals surface area contributed by atoms with E-state index in [0.29, 0.717) is 43.0 Å². The first kappa shape index (κ1) is 29.2. The van der Waals surface area contributed by atoms with Gasteiger partial charge in [0.1, 0.15) is 0 Å². The largest absolute Gasteiger partial charge is 0.395 e. The fraction of sp³-hybridized carbons (Fsp3) is 0.324. The van der Waals surface area contributed by atoms with Crippen LogP contribution in [0.2, 0.25) is 0 Å². The van der Waals surface area contributed by atoms with E-state index in [-0.39, 0.29) is 31.4 Å². The number of aliphatic hydroxyl groups excluding tert-OH is 1. The van der Waals surface area contributed by atoms with Gasteiger partial charge in [-0.15, -0.1) is 0 Å². The van der Waals surface area contributed by atoms with Gasteiger partial charge in [0.05, 0.1) is 18.8 Å². The first-order valence-electron chi connectivity index (χ1n) is 14.4. The molecule has 2 atom stereocenters. The Morgan fingerprint density at radius 1 is 1.02 bits per heavy atom. The molecule has 0 saturated carbocycles. The summed E-state index contributed by atoms with van der Waals surface area (Å²) in [5.41, 5.74) is 1.74. The lowest BCUT2D eigenvalue weighted by Crippen LogP contribution is -2.44. The quantitative estimate of drug-likeness (QED) is 0.339. The number of hydrogen-bond acceptors (Lipinski definition) is 5. The highest BCUT2D eigenvalue weighted by Gasteiger charge is 2.52. The molecule has 0 aromatic heterocycles. The minimum atomic E-state index is -1.88. The van der Waals surface area contributed by atoms with Gasteiger partial charge in [-0.2, -0.15) is 0 Å². The molecular weight excluding hydrogens is 530 g/mol. The maximum atomic E-state index is 14.0. The summed E-state index contributed by atoms with van der Waals surface area (Å²) in [5.74, 6) is -1.25. The number of anilines is 2. The minimum Gasteiger partial charge on any atom is -0.395 e. The van der Waals surface area contributed by atoms with Crippen LogP contribution in [0.1, 0.15) is 42.9 Å². The van der Waals surface area contributed by atoms with Gasteiger partial charge >= 0.3 is 0 Å². The third-order valence-corrected chi connectivity index (χ3v) is 8.14. The number of hydrogen-bond donors (Lipinski definition) is 2. The molecule has 8 heteroatoms. The molecule has 218 valence electrons. The number of carbonyl (C=O) groups excluding carboxylic acids is 3. The Morgan fingerprint density at radius 2 is 1.71 bits per heavy atom. The second-order valence-electron chi connectivity index (χ2n) is 10.9. The maximum absolute atomic E-state index is 14.0. The third-order valence-electron chi connectivity index (χ3n) is 8.14. The van der Waals surface area contributed by atoms with Crippen LogP contribution in [0.25, 0.3) is 0 Å². The van der Waals surface area contributed by atoms with Crippen molar-refractivity contribution in [1.29, 1.82) is 0 Å². The molecule has 1 fully saturated rings. The van der Waals surface area contributed by atoms with E-state index in [0.717, 1.165) is 17.5 Å². The zero-order chi connectivity index (χ0) is 29.7. The predicted octanol–water partition coefficient (Wildman–Crippen LogP) is 4.15. The third kappa shape index (κ3) is 5.86. The lowest BCUT2D eigenvalue weighted by Gasteiger charge is -2.28. The summed E-state index contributed by atoms with van der Waals surface area (Å²) in [6.07, 6.45) is 4.69. The number of benzene rings is 3. The van der Waals surface area contributed by atoms with E-state index in [4.69, 9.17) is 0 Å². The Kier molecular flexibility index (Phi) is 8.85. The van der Waals surface area contributed by atoms with E-state index >= 15 is 0 Å². The number of carbonyl (C=O) groups is 3. The molecular formula is C34H37N3O5. The number of rotatable bonds is 11. The van der Waals surface area contributed by atoms with Gasteiger partial charge < -0.3 is 24.9 Å². The van der Waals surface area contributed by atoms with Crippen LogP contribution in [-0.4, -0.2) is 52.5 Å². The van der Waals surface area contributed by atoms with Gasteiger partial charge in [0, 0.05) is 49.6 Å². The molecule has 0 aliphatic carbocycles. The molecule has 3 amide bonds. The second kappa shape index (κ2) is 12.7. The van der Waals surface area contributed by atoms with E-state index in [1.54, 1.807) is 39.8 Å². The molecule has 0 unspecified atom stereocenters. The zero-order valence-electron chi connectivity index (χ0n) is 23.9. The van der Waals surface area contributed by atoms with E-state index < -0.39 is 17.4 Å². The van der Waals surface area contributed by atoms with Gasteiger partial charge in [-0.1, -0.05) is 79.7 Å². The highest BCUT2D eigenvalue weighted by Crippen LogP contribution is 2.47. The van der Waals surface area contributed by atoms with Crippen LogP contribution >= 0.6 is 0 Å². The minimum absolute atomic E-state index is 0.0262. The highest BCUT2D eigenvalue weighted by atomic mass is 16.3. The summed E-state index contributed by atoms with van der Waals surface area (Å²) in [6, 6.07) is 24.6. The number of aliphatic hydroxyl groups is 2. The average molecular weight is 568 g/mol. The predicted molar refractivity (Wildman–Crippen MR) is 161 cm³/mol. The fourth-order valence-corrected chi connectivity index (χ4v) is 5.80. The van der Waals surface area contributed by atoms with Crippen molar-refractivity contribution in [3.05, 3.63) is 108 Å². The van der Waals surface area contributed by atoms with E-state index in [9.17, 15) is 24.6 Å². The van der Waals surface area contributed by atoms with Gasteiger partial charge in [0.25, 0.3) is 5.91 Å². The van der Waals surface area contributed by atoms with Crippen LogP contribution in [0.15, 0.2) is 91.0 Å². The molecule has 0 radical (unpaired) electrons. The first-order valence-corrected chi connectivity index (χ1v) is 14.4. The first-order chi connectivity index (χ1) is 20.3. The second-order valence-corrected chi connectivity index (χ2v) is 10.9. The summed E-state index contributed by atoms with van der Waals surface area (Å²) < 4.78 is 0. The number of fused-ring (bicyclic) bond motifs is 1.